The van der Waals surface area contributed by atoms with Crippen LogP contribution in [0, 0.1) is 0 Å². The van der Waals surface area contributed by atoms with E-state index in [4.69, 9.17) is 4.74 Å². The Bertz CT molecular complexity index is 686. The minimum Gasteiger partial charge on any atom is -0.461 e. The van der Waals surface area contributed by atoms with E-state index in [1.165, 1.54) is 6.08 Å². The molecule has 1 radical (unpaired) electrons. The molecule has 21 heavy (non-hydrogen) atoms. The first-order chi connectivity index (χ1) is 10.1. The number of carbonyl (C=O) groups is 3. The highest BCUT2D eigenvalue weighted by Gasteiger charge is 2.39. The van der Waals surface area contributed by atoms with E-state index in [0.29, 0.717) is 11.1 Å². The van der Waals surface area contributed by atoms with Crippen LogP contribution in [0.1, 0.15) is 27.6 Å². The number of imide groups is 1. The molecule has 1 aromatic carbocycles. The average Bonchev–Trinajstić information content (AvgIpc) is 3.05. The maximum Gasteiger partial charge on any atom is 0.358 e. The van der Waals surface area contributed by atoms with Gasteiger partial charge in [0.15, 0.2) is 11.5 Å². The summed E-state index contributed by atoms with van der Waals surface area (Å²) in [4.78, 5) is 36.9. The molecule has 2 heterocycles. The molecule has 0 atom stereocenters. The third-order valence-corrected chi connectivity index (χ3v) is 3.03. The SMILES string of the molecule is CCOC(=O)C1=CC(N2C(=O)c3ccccc3C2=O)=N[N]1. The van der Waals surface area contributed by atoms with Gasteiger partial charge in [-0.3, -0.25) is 9.59 Å². The Morgan fingerprint density at radius 2 is 1.81 bits per heavy atom. The summed E-state index contributed by atoms with van der Waals surface area (Å²) in [7, 11) is 0. The molecule has 0 spiro atoms. The highest BCUT2D eigenvalue weighted by Crippen LogP contribution is 2.24. The van der Waals surface area contributed by atoms with E-state index in [0.717, 1.165) is 4.90 Å². The molecule has 0 saturated carbocycles. The number of carbonyl (C=O) groups excluding carboxylic acids is 3. The lowest BCUT2D eigenvalue weighted by molar-refractivity contribution is -0.138. The van der Waals surface area contributed by atoms with Crippen LogP contribution in [0.25, 0.3) is 0 Å². The predicted molar refractivity (Wildman–Crippen MR) is 71.2 cm³/mol. The summed E-state index contributed by atoms with van der Waals surface area (Å²) in [5.41, 5.74) is 4.22. The molecule has 3 rings (SSSR count). The lowest BCUT2D eigenvalue weighted by Crippen LogP contribution is -2.34. The number of hydrogen-bond acceptors (Lipinski definition) is 5. The van der Waals surface area contributed by atoms with Crippen LogP contribution in [-0.2, 0) is 9.53 Å². The summed E-state index contributed by atoms with van der Waals surface area (Å²) >= 11 is 0. The minimum atomic E-state index is -0.646. The first kappa shape index (κ1) is 13.0. The smallest absolute Gasteiger partial charge is 0.358 e. The average molecular weight is 284 g/mol. The van der Waals surface area contributed by atoms with E-state index in [1.54, 1.807) is 31.2 Å². The number of rotatable bonds is 2. The van der Waals surface area contributed by atoms with Gasteiger partial charge in [0.25, 0.3) is 11.8 Å². The van der Waals surface area contributed by atoms with Gasteiger partial charge in [0.05, 0.1) is 17.7 Å². The molecule has 0 unspecified atom stereocenters. The van der Waals surface area contributed by atoms with Crippen molar-refractivity contribution in [3.05, 3.63) is 47.2 Å². The van der Waals surface area contributed by atoms with Gasteiger partial charge in [0, 0.05) is 6.08 Å². The Balaban J connectivity index is 1.89. The number of nitrogens with zero attached hydrogens (tertiary/aromatic N) is 3. The number of esters is 1. The highest BCUT2D eigenvalue weighted by atomic mass is 16.5. The molecule has 0 fully saturated rings. The van der Waals surface area contributed by atoms with Crippen molar-refractivity contribution in [3.63, 3.8) is 0 Å². The molecule has 0 aromatic heterocycles. The maximum absolute atomic E-state index is 12.2. The minimum absolute atomic E-state index is 0.0178. The summed E-state index contributed by atoms with van der Waals surface area (Å²) in [5.74, 6) is -1.59. The standard InChI is InChI=1S/C14H10N3O4/c1-2-21-14(20)10-7-11(16-15-10)17-12(18)8-5-3-4-6-9(8)13(17)19/h3-7H,2H2,1H3. The zero-order chi connectivity index (χ0) is 15.0. The molecule has 0 saturated heterocycles. The third kappa shape index (κ3) is 1.99. The van der Waals surface area contributed by atoms with Crippen LogP contribution in [0.5, 0.6) is 0 Å². The van der Waals surface area contributed by atoms with Gasteiger partial charge in [-0.05, 0) is 19.1 Å². The summed E-state index contributed by atoms with van der Waals surface area (Å²) in [5, 5.41) is 3.72. The predicted octanol–water partition coefficient (Wildman–Crippen LogP) is 0.661. The molecule has 7 nitrogen and oxygen atoms in total. The van der Waals surface area contributed by atoms with Crippen LogP contribution in [0.15, 0.2) is 41.1 Å². The number of amides is 2. The van der Waals surface area contributed by atoms with Crippen LogP contribution in [0.2, 0.25) is 0 Å². The number of ether oxygens (including phenoxy) is 1. The molecular formula is C14H10N3O4. The Hall–Kier alpha value is -2.96. The van der Waals surface area contributed by atoms with Crippen molar-refractivity contribution in [1.82, 2.24) is 10.3 Å². The van der Waals surface area contributed by atoms with Crippen molar-refractivity contribution in [3.8, 4) is 0 Å². The maximum atomic E-state index is 12.2. The summed E-state index contributed by atoms with van der Waals surface area (Å²) < 4.78 is 4.79. The zero-order valence-electron chi connectivity index (χ0n) is 11.1. The van der Waals surface area contributed by atoms with Crippen LogP contribution < -0.4 is 5.43 Å². The van der Waals surface area contributed by atoms with Gasteiger partial charge in [0.1, 0.15) is 0 Å². The second-order valence-electron chi connectivity index (χ2n) is 4.30. The Morgan fingerprint density at radius 3 is 2.38 bits per heavy atom. The molecule has 2 aliphatic heterocycles. The third-order valence-electron chi connectivity index (χ3n) is 3.03. The van der Waals surface area contributed by atoms with Crippen LogP contribution in [0.3, 0.4) is 0 Å². The summed E-state index contributed by atoms with van der Waals surface area (Å²) in [6, 6.07) is 6.48. The highest BCUT2D eigenvalue weighted by molar-refractivity contribution is 6.32. The molecule has 0 N–H and O–H groups in total. The topological polar surface area (TPSA) is 90.1 Å². The van der Waals surface area contributed by atoms with Gasteiger partial charge in [0.2, 0.25) is 0 Å². The van der Waals surface area contributed by atoms with Gasteiger partial charge in [-0.2, -0.15) is 0 Å². The Labute approximate surface area is 119 Å². The summed E-state index contributed by atoms with van der Waals surface area (Å²) in [6.07, 6.45) is 1.26. The first-order valence-electron chi connectivity index (χ1n) is 6.29. The second-order valence-corrected chi connectivity index (χ2v) is 4.30. The molecule has 7 heteroatoms. The fourth-order valence-electron chi connectivity index (χ4n) is 2.10. The number of hydrogen-bond donors (Lipinski definition) is 0. The van der Waals surface area contributed by atoms with E-state index in [9.17, 15) is 14.4 Å². The molecular weight excluding hydrogens is 274 g/mol. The van der Waals surface area contributed by atoms with E-state index in [-0.39, 0.29) is 18.1 Å². The lowest BCUT2D eigenvalue weighted by atomic mass is 10.1. The van der Waals surface area contributed by atoms with E-state index in [2.05, 4.69) is 10.5 Å². The number of amidine groups is 1. The monoisotopic (exact) mass is 284 g/mol. The van der Waals surface area contributed by atoms with Gasteiger partial charge >= 0.3 is 5.97 Å². The fraction of sp³-hybridized carbons (Fsp3) is 0.143. The van der Waals surface area contributed by atoms with Crippen molar-refractivity contribution >= 4 is 23.6 Å². The largest absolute Gasteiger partial charge is 0.461 e. The summed E-state index contributed by atoms with van der Waals surface area (Å²) in [6.45, 7) is 1.87. The molecule has 1 aromatic rings. The number of benzene rings is 1. The van der Waals surface area contributed by atoms with Gasteiger partial charge in [-0.1, -0.05) is 12.1 Å². The van der Waals surface area contributed by atoms with Crippen molar-refractivity contribution < 1.29 is 19.1 Å². The quantitative estimate of drug-likeness (QED) is 0.589. The van der Waals surface area contributed by atoms with E-state index >= 15 is 0 Å². The van der Waals surface area contributed by atoms with Crippen molar-refractivity contribution in [2.24, 2.45) is 5.10 Å². The molecule has 2 aliphatic rings. The first-order valence-corrected chi connectivity index (χ1v) is 6.29. The molecule has 0 bridgehead atoms. The van der Waals surface area contributed by atoms with Crippen LogP contribution in [-0.4, -0.2) is 35.1 Å². The van der Waals surface area contributed by atoms with Gasteiger partial charge in [-0.15, -0.1) is 10.5 Å². The van der Waals surface area contributed by atoms with Crippen molar-refractivity contribution in [2.75, 3.05) is 6.61 Å². The second kappa shape index (κ2) is 4.86. The molecule has 2 amide bonds. The normalized spacial score (nSPS) is 16.3. The fourth-order valence-corrected chi connectivity index (χ4v) is 2.10. The van der Waals surface area contributed by atoms with E-state index < -0.39 is 17.8 Å². The van der Waals surface area contributed by atoms with Gasteiger partial charge < -0.3 is 4.74 Å². The van der Waals surface area contributed by atoms with Crippen LogP contribution >= 0.6 is 0 Å². The Morgan fingerprint density at radius 1 is 1.19 bits per heavy atom. The number of fused-ring (bicyclic) bond motifs is 1. The lowest BCUT2D eigenvalue weighted by Gasteiger charge is -2.09. The zero-order valence-corrected chi connectivity index (χ0v) is 11.1. The Kier molecular flexibility index (Phi) is 3.02. The molecule has 105 valence electrons. The van der Waals surface area contributed by atoms with Crippen molar-refractivity contribution in [1.29, 1.82) is 0 Å². The van der Waals surface area contributed by atoms with E-state index in [1.807, 2.05) is 0 Å². The van der Waals surface area contributed by atoms with Crippen LogP contribution in [0.4, 0.5) is 0 Å². The van der Waals surface area contributed by atoms with Gasteiger partial charge in [-0.25, -0.2) is 9.69 Å². The van der Waals surface area contributed by atoms with Crippen molar-refractivity contribution in [2.45, 2.75) is 6.92 Å². The molecule has 0 aliphatic carbocycles.